The Balaban J connectivity index is 1.54. The summed E-state index contributed by atoms with van der Waals surface area (Å²) in [6.45, 7) is 8.57. The third kappa shape index (κ3) is 5.94. The highest BCUT2D eigenvalue weighted by Gasteiger charge is 2.20. The monoisotopic (exact) mass is 391 g/mol. The molecule has 3 rings (SSSR count). The molecule has 0 saturated carbocycles. The highest BCUT2D eigenvalue weighted by Crippen LogP contribution is 2.19. The van der Waals surface area contributed by atoms with E-state index in [9.17, 15) is 4.79 Å². The van der Waals surface area contributed by atoms with E-state index < -0.39 is 0 Å². The van der Waals surface area contributed by atoms with E-state index in [0.29, 0.717) is 5.92 Å². The average molecular weight is 392 g/mol. The van der Waals surface area contributed by atoms with E-state index >= 15 is 0 Å². The van der Waals surface area contributed by atoms with Crippen LogP contribution in [0.4, 0.5) is 5.69 Å². The number of hydrogen-bond donors (Lipinski definition) is 0. The largest absolute Gasteiger partial charge is 0.368 e. The topological polar surface area (TPSA) is 26.8 Å². The van der Waals surface area contributed by atoms with E-state index in [4.69, 9.17) is 0 Å². The smallest absolute Gasteiger partial charge is 0.246 e. The zero-order valence-corrected chi connectivity index (χ0v) is 18.1. The van der Waals surface area contributed by atoms with Crippen molar-refractivity contribution in [3.05, 3.63) is 71.3 Å². The van der Waals surface area contributed by atoms with Crippen LogP contribution in [0.1, 0.15) is 36.5 Å². The van der Waals surface area contributed by atoms with Crippen LogP contribution in [0.2, 0.25) is 0 Å². The summed E-state index contributed by atoms with van der Waals surface area (Å²) < 4.78 is 0. The molecule has 1 aliphatic rings. The van der Waals surface area contributed by atoms with E-state index in [0.717, 1.165) is 38.3 Å². The fourth-order valence-corrected chi connectivity index (χ4v) is 3.67. The summed E-state index contributed by atoms with van der Waals surface area (Å²) in [6.07, 6.45) is 3.63. The quantitative estimate of drug-likeness (QED) is 0.690. The van der Waals surface area contributed by atoms with Gasteiger partial charge in [-0.3, -0.25) is 4.79 Å². The van der Waals surface area contributed by atoms with Gasteiger partial charge in [0.05, 0.1) is 0 Å². The second kappa shape index (κ2) is 9.75. The van der Waals surface area contributed by atoms with Crippen molar-refractivity contribution >= 4 is 17.7 Å². The zero-order valence-electron chi connectivity index (χ0n) is 18.1. The third-order valence-electron chi connectivity index (χ3n) is 5.39. The number of piperazine rings is 1. The van der Waals surface area contributed by atoms with Crippen molar-refractivity contribution in [1.82, 2.24) is 9.80 Å². The van der Waals surface area contributed by atoms with Gasteiger partial charge in [0.15, 0.2) is 0 Å². The van der Waals surface area contributed by atoms with Gasteiger partial charge in [0, 0.05) is 44.5 Å². The predicted molar refractivity (Wildman–Crippen MR) is 122 cm³/mol. The molecule has 0 spiro atoms. The third-order valence-corrected chi connectivity index (χ3v) is 5.39. The molecule has 1 aliphatic heterocycles. The first kappa shape index (κ1) is 21.1. The van der Waals surface area contributed by atoms with Gasteiger partial charge in [0.25, 0.3) is 0 Å². The van der Waals surface area contributed by atoms with Crippen molar-refractivity contribution in [2.75, 3.05) is 45.2 Å². The minimum atomic E-state index is 0.0962. The molecule has 0 atom stereocenters. The van der Waals surface area contributed by atoms with Crippen molar-refractivity contribution in [2.24, 2.45) is 0 Å². The molecule has 2 aromatic carbocycles. The molecule has 29 heavy (non-hydrogen) atoms. The van der Waals surface area contributed by atoms with E-state index in [1.165, 1.54) is 16.8 Å². The van der Waals surface area contributed by atoms with Gasteiger partial charge in [0.2, 0.25) is 5.91 Å². The Hall–Kier alpha value is -2.59. The summed E-state index contributed by atoms with van der Waals surface area (Å²) in [4.78, 5) is 19.1. The lowest BCUT2D eigenvalue weighted by molar-refractivity contribution is -0.126. The number of nitrogens with zero attached hydrogens (tertiary/aromatic N) is 3. The molecule has 0 aliphatic carbocycles. The van der Waals surface area contributed by atoms with Gasteiger partial charge in [-0.1, -0.05) is 50.2 Å². The lowest BCUT2D eigenvalue weighted by Crippen LogP contribution is -2.48. The van der Waals surface area contributed by atoms with Gasteiger partial charge in [-0.25, -0.2) is 0 Å². The molecule has 4 heteroatoms. The van der Waals surface area contributed by atoms with Gasteiger partial charge >= 0.3 is 0 Å². The summed E-state index contributed by atoms with van der Waals surface area (Å²) in [5, 5.41) is 0. The van der Waals surface area contributed by atoms with E-state index in [1.54, 1.807) is 6.08 Å². The van der Waals surface area contributed by atoms with Gasteiger partial charge in [-0.05, 0) is 54.9 Å². The fourth-order valence-electron chi connectivity index (χ4n) is 3.67. The molecular formula is C25H33N3O. The Bertz CT molecular complexity index is 831. The van der Waals surface area contributed by atoms with Crippen molar-refractivity contribution in [1.29, 1.82) is 0 Å². The normalized spacial score (nSPS) is 15.0. The van der Waals surface area contributed by atoms with Crippen LogP contribution in [0.3, 0.4) is 0 Å². The molecule has 0 bridgehead atoms. The van der Waals surface area contributed by atoms with Crippen LogP contribution in [0, 0.1) is 0 Å². The summed E-state index contributed by atoms with van der Waals surface area (Å²) in [6, 6.07) is 17.2. The first-order valence-electron chi connectivity index (χ1n) is 10.5. The highest BCUT2D eigenvalue weighted by atomic mass is 16.2. The molecule has 0 N–H and O–H groups in total. The molecule has 154 valence electrons. The van der Waals surface area contributed by atoms with Gasteiger partial charge in [0.1, 0.15) is 0 Å². The van der Waals surface area contributed by atoms with Crippen LogP contribution in [0.15, 0.2) is 54.6 Å². The fraction of sp³-hybridized carbons (Fsp3) is 0.400. The number of carbonyl (C=O) groups excluding carboxylic acids is 1. The predicted octanol–water partition coefficient (Wildman–Crippen LogP) is 4.23. The van der Waals surface area contributed by atoms with Crippen LogP contribution >= 0.6 is 0 Å². The van der Waals surface area contributed by atoms with Gasteiger partial charge in [-0.15, -0.1) is 0 Å². The Morgan fingerprint density at radius 3 is 2.34 bits per heavy atom. The maximum absolute atomic E-state index is 12.6. The molecule has 2 aromatic rings. The van der Waals surface area contributed by atoms with Crippen molar-refractivity contribution in [2.45, 2.75) is 26.3 Å². The van der Waals surface area contributed by atoms with Crippen LogP contribution in [0.5, 0.6) is 0 Å². The Morgan fingerprint density at radius 1 is 1.03 bits per heavy atom. The first-order valence-corrected chi connectivity index (χ1v) is 10.5. The number of carbonyl (C=O) groups is 1. The van der Waals surface area contributed by atoms with E-state index in [1.807, 2.05) is 11.0 Å². The second-order valence-electron chi connectivity index (χ2n) is 8.37. The van der Waals surface area contributed by atoms with Gasteiger partial charge in [-0.2, -0.15) is 0 Å². The van der Waals surface area contributed by atoms with Crippen LogP contribution in [0.25, 0.3) is 6.08 Å². The average Bonchev–Trinajstić information content (AvgIpc) is 2.72. The molecule has 1 saturated heterocycles. The van der Waals surface area contributed by atoms with Crippen LogP contribution < -0.4 is 4.90 Å². The molecule has 1 heterocycles. The van der Waals surface area contributed by atoms with E-state index in [2.05, 4.69) is 86.3 Å². The number of benzene rings is 2. The number of amides is 1. The second-order valence-corrected chi connectivity index (χ2v) is 8.37. The molecule has 0 aromatic heterocycles. The number of rotatable bonds is 6. The number of hydrogen-bond acceptors (Lipinski definition) is 3. The Morgan fingerprint density at radius 2 is 1.72 bits per heavy atom. The maximum Gasteiger partial charge on any atom is 0.246 e. The van der Waals surface area contributed by atoms with Crippen LogP contribution in [-0.4, -0.2) is 56.0 Å². The molecule has 0 unspecified atom stereocenters. The lowest BCUT2D eigenvalue weighted by atomic mass is 10.0. The summed E-state index contributed by atoms with van der Waals surface area (Å²) in [5.41, 5.74) is 4.95. The summed E-state index contributed by atoms with van der Waals surface area (Å²) in [7, 11) is 4.17. The minimum Gasteiger partial charge on any atom is -0.368 e. The van der Waals surface area contributed by atoms with Crippen LogP contribution in [-0.2, 0) is 11.3 Å². The Labute approximate surface area is 175 Å². The first-order chi connectivity index (χ1) is 13.9. The molecule has 4 nitrogen and oxygen atoms in total. The van der Waals surface area contributed by atoms with Gasteiger partial charge < -0.3 is 14.7 Å². The van der Waals surface area contributed by atoms with E-state index in [-0.39, 0.29) is 5.91 Å². The summed E-state index contributed by atoms with van der Waals surface area (Å²) >= 11 is 0. The molecule has 1 fully saturated rings. The summed E-state index contributed by atoms with van der Waals surface area (Å²) in [5.74, 6) is 0.619. The standard InChI is InChI=1S/C25H33N3O/c1-20(2)23-11-8-21(9-12-23)10-13-25(29)28-16-14-27(15-17-28)24-7-5-6-22(18-24)19-26(3)4/h5-13,18,20H,14-17,19H2,1-4H3/b13-10+. The van der Waals surface area contributed by atoms with Crippen molar-refractivity contribution in [3.63, 3.8) is 0 Å². The molecular weight excluding hydrogens is 358 g/mol. The minimum absolute atomic E-state index is 0.0962. The van der Waals surface area contributed by atoms with Crippen molar-refractivity contribution in [3.8, 4) is 0 Å². The molecule has 1 amide bonds. The maximum atomic E-state index is 12.6. The highest BCUT2D eigenvalue weighted by molar-refractivity contribution is 5.92. The lowest BCUT2D eigenvalue weighted by Gasteiger charge is -2.36. The van der Waals surface area contributed by atoms with Crippen molar-refractivity contribution < 1.29 is 4.79 Å². The number of anilines is 1. The SMILES string of the molecule is CC(C)c1ccc(/C=C/C(=O)N2CCN(c3cccc(CN(C)C)c3)CC2)cc1. The zero-order chi connectivity index (χ0) is 20.8. The molecule has 0 radical (unpaired) electrons. The Kier molecular flexibility index (Phi) is 7.10.